The maximum atomic E-state index is 7.26. The first-order valence-corrected chi connectivity index (χ1v) is 23.7. The van der Waals surface area contributed by atoms with E-state index in [9.17, 15) is 0 Å². The summed E-state index contributed by atoms with van der Waals surface area (Å²) in [5.74, 6) is 1.65. The van der Waals surface area contributed by atoms with Gasteiger partial charge in [-0.2, -0.15) is 0 Å². The largest absolute Gasteiger partial charge is 0.403 e. The van der Waals surface area contributed by atoms with Crippen LogP contribution in [0.4, 0.5) is 0 Å². The van der Waals surface area contributed by atoms with Crippen molar-refractivity contribution >= 4 is 24.8 Å². The van der Waals surface area contributed by atoms with Crippen LogP contribution in [0.1, 0.15) is 104 Å². The Morgan fingerprint density at radius 2 is 1.38 bits per heavy atom. The lowest BCUT2D eigenvalue weighted by molar-refractivity contribution is -0.219. The number of benzene rings is 3. The number of allylic oxidation sites excluding steroid dienone is 2. The van der Waals surface area contributed by atoms with Gasteiger partial charge in [0.25, 0.3) is 8.32 Å². The molecule has 0 aromatic heterocycles. The third-order valence-corrected chi connectivity index (χ3v) is 20.8. The van der Waals surface area contributed by atoms with Gasteiger partial charge in [-0.25, -0.2) is 0 Å². The highest BCUT2D eigenvalue weighted by Gasteiger charge is 2.65. The van der Waals surface area contributed by atoms with Crippen LogP contribution in [0.5, 0.6) is 0 Å². The fourth-order valence-electron chi connectivity index (χ4n) is 13.2. The van der Waals surface area contributed by atoms with E-state index in [1.807, 2.05) is 0 Å². The van der Waals surface area contributed by atoms with Crippen LogP contribution in [0, 0.1) is 34.5 Å². The van der Waals surface area contributed by atoms with E-state index in [2.05, 4.69) is 138 Å². The first-order valence-electron chi connectivity index (χ1n) is 21.8. The summed E-state index contributed by atoms with van der Waals surface area (Å²) in [6.07, 6.45) is 17.9. The second-order valence-electron chi connectivity index (χ2n) is 19.5. The van der Waals surface area contributed by atoms with Crippen molar-refractivity contribution in [2.75, 3.05) is 26.4 Å². The van der Waals surface area contributed by atoms with Crippen LogP contribution in [0.15, 0.2) is 103 Å². The molecule has 6 atom stereocenters. The van der Waals surface area contributed by atoms with Gasteiger partial charge in [0.05, 0.1) is 33.0 Å². The van der Waals surface area contributed by atoms with Gasteiger partial charge in [-0.05, 0) is 107 Å². The summed E-state index contributed by atoms with van der Waals surface area (Å²) < 4.78 is 32.7. The second-order valence-corrected chi connectivity index (χ2v) is 23.8. The van der Waals surface area contributed by atoms with Gasteiger partial charge >= 0.3 is 0 Å². The minimum Gasteiger partial charge on any atom is -0.403 e. The number of ether oxygens (including phenoxy) is 4. The predicted molar refractivity (Wildman–Crippen MR) is 227 cm³/mol. The van der Waals surface area contributed by atoms with Crippen molar-refractivity contribution in [2.45, 2.75) is 116 Å². The third kappa shape index (κ3) is 6.46. The average molecular weight is 773 g/mol. The lowest BCUT2D eigenvalue weighted by Gasteiger charge is -2.60. The molecule has 0 bridgehead atoms. The van der Waals surface area contributed by atoms with Crippen molar-refractivity contribution in [3.05, 3.63) is 114 Å². The molecule has 3 aromatic rings. The Morgan fingerprint density at radius 1 is 0.732 bits per heavy atom. The smallest absolute Gasteiger partial charge is 0.261 e. The Hall–Kier alpha value is -2.84. The van der Waals surface area contributed by atoms with Crippen LogP contribution >= 0.6 is 0 Å². The van der Waals surface area contributed by atoms with Gasteiger partial charge in [-0.3, -0.25) is 0 Å². The molecule has 6 aliphatic rings. The van der Waals surface area contributed by atoms with Crippen LogP contribution in [0.2, 0.25) is 5.04 Å². The van der Waals surface area contributed by atoms with Gasteiger partial charge in [-0.1, -0.05) is 136 Å². The SMILES string of the molecule is CC1([C@H]2CC[C@H]3[C@@H]4CC=C5CC6(CC[C@@]5(C)[C@@H]4CC[C@]23C/C=C\c2ccc(CO[Si](c3ccccc3)(c3ccccc3)C(C)(C)C)cc2)OCCO6)OCCO1. The van der Waals surface area contributed by atoms with Crippen molar-refractivity contribution in [1.82, 2.24) is 0 Å². The van der Waals surface area contributed by atoms with E-state index in [0.29, 0.717) is 37.6 Å². The minimum atomic E-state index is -2.61. The summed E-state index contributed by atoms with van der Waals surface area (Å²) >= 11 is 0. The van der Waals surface area contributed by atoms with E-state index in [4.69, 9.17) is 23.4 Å². The molecule has 0 radical (unpaired) electrons. The highest BCUT2D eigenvalue weighted by atomic mass is 28.4. The Balaban J connectivity index is 0.943. The molecule has 6 heteroatoms. The molecule has 0 amide bonds. The van der Waals surface area contributed by atoms with E-state index >= 15 is 0 Å². The summed E-state index contributed by atoms with van der Waals surface area (Å²) in [6.45, 7) is 15.3. The maximum absolute atomic E-state index is 7.26. The Labute approximate surface area is 337 Å². The van der Waals surface area contributed by atoms with Gasteiger partial charge in [0.1, 0.15) is 0 Å². The fraction of sp³-hybridized carbons (Fsp3) is 0.560. The number of rotatable bonds is 9. The van der Waals surface area contributed by atoms with Gasteiger partial charge < -0.3 is 23.4 Å². The highest BCUT2D eigenvalue weighted by molar-refractivity contribution is 6.99. The van der Waals surface area contributed by atoms with Crippen molar-refractivity contribution in [3.63, 3.8) is 0 Å². The van der Waals surface area contributed by atoms with Crippen molar-refractivity contribution in [1.29, 1.82) is 0 Å². The van der Waals surface area contributed by atoms with Gasteiger partial charge in [0, 0.05) is 18.8 Å². The maximum Gasteiger partial charge on any atom is 0.261 e. The van der Waals surface area contributed by atoms with Gasteiger partial charge in [0.15, 0.2) is 11.6 Å². The molecule has 56 heavy (non-hydrogen) atoms. The molecule has 2 aliphatic heterocycles. The topological polar surface area (TPSA) is 46.2 Å². The van der Waals surface area contributed by atoms with Crippen LogP contribution in [0.3, 0.4) is 0 Å². The van der Waals surface area contributed by atoms with Crippen molar-refractivity contribution < 1.29 is 23.4 Å². The zero-order valence-electron chi connectivity index (χ0n) is 34.6. The zero-order valence-corrected chi connectivity index (χ0v) is 35.6. The highest BCUT2D eigenvalue weighted by Crippen LogP contribution is 2.70. The molecule has 4 aliphatic carbocycles. The van der Waals surface area contributed by atoms with E-state index < -0.39 is 14.1 Å². The molecular formula is C50H64O5Si. The molecule has 0 N–H and O–H groups in total. The molecule has 3 saturated carbocycles. The first-order chi connectivity index (χ1) is 27.0. The lowest BCUT2D eigenvalue weighted by Crippen LogP contribution is -2.66. The van der Waals surface area contributed by atoms with E-state index in [1.54, 1.807) is 5.57 Å². The number of fused-ring (bicyclic) bond motifs is 5. The summed E-state index contributed by atoms with van der Waals surface area (Å²) in [5, 5.41) is 2.58. The van der Waals surface area contributed by atoms with Crippen molar-refractivity contribution in [3.8, 4) is 0 Å². The summed E-state index contributed by atoms with van der Waals surface area (Å²) in [6, 6.07) is 31.0. The first kappa shape index (κ1) is 38.7. The average Bonchev–Trinajstić information content (AvgIpc) is 3.96. The van der Waals surface area contributed by atoms with E-state index in [0.717, 1.165) is 38.4 Å². The van der Waals surface area contributed by atoms with Crippen LogP contribution in [0.25, 0.3) is 6.08 Å². The van der Waals surface area contributed by atoms with E-state index in [-0.39, 0.29) is 21.7 Å². The van der Waals surface area contributed by atoms with Crippen molar-refractivity contribution in [2.24, 2.45) is 34.5 Å². The Kier molecular flexibility index (Phi) is 10.2. The Morgan fingerprint density at radius 3 is 2.02 bits per heavy atom. The molecular weight excluding hydrogens is 709 g/mol. The quantitative estimate of drug-likeness (QED) is 0.160. The number of hydrogen-bond donors (Lipinski definition) is 0. The van der Waals surface area contributed by atoms with Crippen LogP contribution in [-0.2, 0) is 30.0 Å². The molecule has 9 rings (SSSR count). The minimum absolute atomic E-state index is 0.0505. The number of hydrogen-bond acceptors (Lipinski definition) is 5. The summed E-state index contributed by atoms with van der Waals surface area (Å²) in [7, 11) is -2.61. The standard InChI is InChI=1S/C50H64O5Si/c1-46(2,3)56(40-14-8-6-9-15-40,41-16-10-7-11-17-41)55-36-38-20-18-37(19-21-38)13-12-27-49-28-26-43-42(44(49)24-25-45(49)48(5)51-31-32-52-48)23-22-39-35-50(53-33-34-54-50)30-29-47(39,43)4/h6-22,42-45H,23-36H2,1-5H3/b13-12-/t42-,43-,44+,45-,47-,49+/m1/s1. The lowest BCUT2D eigenvalue weighted by atomic mass is 9.46. The van der Waals surface area contributed by atoms with Gasteiger partial charge in [-0.15, -0.1) is 0 Å². The summed E-state index contributed by atoms with van der Waals surface area (Å²) in [4.78, 5) is 0. The van der Waals surface area contributed by atoms with Crippen LogP contribution < -0.4 is 10.4 Å². The predicted octanol–water partition coefficient (Wildman–Crippen LogP) is 10.2. The third-order valence-electron chi connectivity index (χ3n) is 15.8. The zero-order chi connectivity index (χ0) is 38.7. The molecule has 1 spiro atoms. The molecule has 2 saturated heterocycles. The fourth-order valence-corrected chi connectivity index (χ4v) is 17.7. The van der Waals surface area contributed by atoms with E-state index in [1.165, 1.54) is 60.0 Å². The molecule has 5 fully saturated rings. The van der Waals surface area contributed by atoms with Gasteiger partial charge in [0.2, 0.25) is 0 Å². The monoisotopic (exact) mass is 772 g/mol. The summed E-state index contributed by atoms with van der Waals surface area (Å²) in [5.41, 5.74) is 4.50. The molecule has 2 heterocycles. The van der Waals surface area contributed by atoms with Crippen LogP contribution in [-0.4, -0.2) is 46.3 Å². The second kappa shape index (κ2) is 14.8. The molecule has 298 valence electrons. The molecule has 0 unspecified atom stereocenters. The normalized spacial score (nSPS) is 32.3. The molecule has 5 nitrogen and oxygen atoms in total. The molecule has 3 aromatic carbocycles. The Bertz CT molecular complexity index is 1850.